The summed E-state index contributed by atoms with van der Waals surface area (Å²) in [6.07, 6.45) is 1.12. The first-order valence-electron chi connectivity index (χ1n) is 3.76. The first-order valence-corrected chi connectivity index (χ1v) is 4.55. The van der Waals surface area contributed by atoms with Crippen molar-refractivity contribution in [2.24, 2.45) is 0 Å². The quantitative estimate of drug-likeness (QED) is 0.790. The molecule has 0 radical (unpaired) electrons. The summed E-state index contributed by atoms with van der Waals surface area (Å²) in [6, 6.07) is 0. The highest BCUT2D eigenvalue weighted by Crippen LogP contribution is 2.21. The van der Waals surface area contributed by atoms with Crippen LogP contribution in [-0.4, -0.2) is 22.4 Å². The zero-order chi connectivity index (χ0) is 10.7. The lowest BCUT2D eigenvalue weighted by Crippen LogP contribution is -2.14. The molecule has 0 unspecified atom stereocenters. The van der Waals surface area contributed by atoms with Gasteiger partial charge in [-0.2, -0.15) is 18.6 Å². The van der Waals surface area contributed by atoms with Gasteiger partial charge in [0.25, 0.3) is 0 Å². The molecule has 0 aliphatic carbocycles. The van der Waals surface area contributed by atoms with Crippen molar-refractivity contribution in [1.82, 2.24) is 9.78 Å². The lowest BCUT2D eigenvalue weighted by molar-refractivity contribution is 0.0355. The molecule has 4 nitrogen and oxygen atoms in total. The van der Waals surface area contributed by atoms with Crippen LogP contribution in [0.5, 0.6) is 0 Å². The fourth-order valence-electron chi connectivity index (χ4n) is 0.880. The van der Waals surface area contributed by atoms with Gasteiger partial charge in [0.1, 0.15) is 0 Å². The fourth-order valence-corrected chi connectivity index (χ4v) is 1.31. The maximum absolute atomic E-state index is 12.3. The maximum Gasteiger partial charge on any atom is 0.358 e. The summed E-state index contributed by atoms with van der Waals surface area (Å²) in [5.41, 5.74) is -0.276. The number of hydrogen-bond donors (Lipinski definition) is 0. The topological polar surface area (TPSA) is 44.1 Å². The SMILES string of the molecule is CCOC(=O)c1c(Br)cnn1C(F)F. The van der Waals surface area contributed by atoms with Crippen LogP contribution in [0.1, 0.15) is 24.0 Å². The zero-order valence-corrected chi connectivity index (χ0v) is 8.79. The summed E-state index contributed by atoms with van der Waals surface area (Å²) >= 11 is 2.94. The fraction of sp³-hybridized carbons (Fsp3) is 0.429. The van der Waals surface area contributed by atoms with E-state index in [0.717, 1.165) is 6.20 Å². The van der Waals surface area contributed by atoms with Gasteiger partial charge < -0.3 is 4.74 Å². The van der Waals surface area contributed by atoms with E-state index in [0.29, 0.717) is 4.68 Å². The standard InChI is InChI=1S/C7H7BrF2N2O2/c1-2-14-6(13)5-4(8)3-11-12(5)7(9)10/h3,7H,2H2,1H3. The minimum Gasteiger partial charge on any atom is -0.461 e. The van der Waals surface area contributed by atoms with E-state index < -0.39 is 12.5 Å². The van der Waals surface area contributed by atoms with Crippen molar-refractivity contribution in [3.63, 3.8) is 0 Å². The molecule has 0 N–H and O–H groups in total. The van der Waals surface area contributed by atoms with E-state index in [1.165, 1.54) is 0 Å². The number of carbonyl (C=O) groups is 1. The van der Waals surface area contributed by atoms with Gasteiger partial charge in [0, 0.05) is 0 Å². The van der Waals surface area contributed by atoms with E-state index in [1.807, 2.05) is 0 Å². The van der Waals surface area contributed by atoms with Gasteiger partial charge in [-0.25, -0.2) is 4.79 Å². The first kappa shape index (κ1) is 11.1. The number of carbonyl (C=O) groups excluding carboxylic acids is 1. The van der Waals surface area contributed by atoms with E-state index >= 15 is 0 Å². The number of aromatic nitrogens is 2. The Balaban J connectivity index is 3.04. The van der Waals surface area contributed by atoms with Crippen LogP contribution in [0.15, 0.2) is 10.7 Å². The summed E-state index contributed by atoms with van der Waals surface area (Å²) in [4.78, 5) is 11.2. The Kier molecular flexibility index (Phi) is 3.56. The Hall–Kier alpha value is -0.980. The van der Waals surface area contributed by atoms with Gasteiger partial charge in [-0.3, -0.25) is 0 Å². The van der Waals surface area contributed by atoms with Crippen LogP contribution in [0.2, 0.25) is 0 Å². The number of halogens is 3. The van der Waals surface area contributed by atoms with Crippen molar-refractivity contribution in [3.05, 3.63) is 16.4 Å². The summed E-state index contributed by atoms with van der Waals surface area (Å²) in [6.45, 7) is -1.14. The highest BCUT2D eigenvalue weighted by atomic mass is 79.9. The van der Waals surface area contributed by atoms with Gasteiger partial charge in [-0.05, 0) is 22.9 Å². The van der Waals surface area contributed by atoms with E-state index in [2.05, 4.69) is 25.8 Å². The van der Waals surface area contributed by atoms with Gasteiger partial charge in [0.15, 0.2) is 5.69 Å². The van der Waals surface area contributed by atoms with E-state index in [9.17, 15) is 13.6 Å². The van der Waals surface area contributed by atoms with Crippen molar-refractivity contribution in [1.29, 1.82) is 0 Å². The monoisotopic (exact) mass is 268 g/mol. The van der Waals surface area contributed by atoms with Gasteiger partial charge in [0.2, 0.25) is 0 Å². The van der Waals surface area contributed by atoms with Crippen LogP contribution in [0.25, 0.3) is 0 Å². The molecule has 0 aromatic carbocycles. The Morgan fingerprint density at radius 2 is 2.43 bits per heavy atom. The summed E-state index contributed by atoms with van der Waals surface area (Å²) in [5.74, 6) is -0.822. The molecule has 1 heterocycles. The highest BCUT2D eigenvalue weighted by Gasteiger charge is 2.22. The molecule has 0 bridgehead atoms. The summed E-state index contributed by atoms with van der Waals surface area (Å²) in [7, 11) is 0. The van der Waals surface area contributed by atoms with Crippen molar-refractivity contribution < 1.29 is 18.3 Å². The maximum atomic E-state index is 12.3. The minimum absolute atomic E-state index is 0.125. The predicted octanol–water partition coefficient (Wildman–Crippen LogP) is 2.22. The average molecular weight is 269 g/mol. The van der Waals surface area contributed by atoms with Crippen molar-refractivity contribution in [2.75, 3.05) is 6.61 Å². The molecule has 7 heteroatoms. The molecule has 0 aliphatic rings. The third kappa shape index (κ3) is 2.09. The number of ether oxygens (including phenoxy) is 1. The number of rotatable bonds is 3. The molecule has 78 valence electrons. The molecule has 0 amide bonds. The highest BCUT2D eigenvalue weighted by molar-refractivity contribution is 9.10. The second-order valence-corrected chi connectivity index (χ2v) is 3.14. The van der Waals surface area contributed by atoms with Crippen LogP contribution < -0.4 is 0 Å². The summed E-state index contributed by atoms with van der Waals surface area (Å²) in [5, 5.41) is 3.34. The van der Waals surface area contributed by atoms with Gasteiger partial charge in [0.05, 0.1) is 17.3 Å². The third-order valence-corrected chi connectivity index (χ3v) is 1.98. The van der Waals surface area contributed by atoms with Crippen LogP contribution >= 0.6 is 15.9 Å². The normalized spacial score (nSPS) is 10.6. The van der Waals surface area contributed by atoms with Gasteiger partial charge in [-0.15, -0.1) is 0 Å². The Morgan fingerprint density at radius 3 is 2.93 bits per heavy atom. The lowest BCUT2D eigenvalue weighted by Gasteiger charge is -2.05. The molecule has 1 aromatic heterocycles. The molecular formula is C7H7BrF2N2O2. The smallest absolute Gasteiger partial charge is 0.358 e. The van der Waals surface area contributed by atoms with E-state index in [1.54, 1.807) is 6.92 Å². The Bertz CT molecular complexity index is 340. The molecule has 0 atom stereocenters. The molecule has 0 spiro atoms. The van der Waals surface area contributed by atoms with E-state index in [-0.39, 0.29) is 16.8 Å². The van der Waals surface area contributed by atoms with Gasteiger partial charge in [-0.1, -0.05) is 0 Å². The predicted molar refractivity (Wildman–Crippen MR) is 47.1 cm³/mol. The van der Waals surface area contributed by atoms with Crippen molar-refractivity contribution >= 4 is 21.9 Å². The van der Waals surface area contributed by atoms with E-state index in [4.69, 9.17) is 0 Å². The average Bonchev–Trinajstić information content (AvgIpc) is 2.47. The second kappa shape index (κ2) is 4.50. The first-order chi connectivity index (χ1) is 6.57. The molecule has 1 aromatic rings. The third-order valence-electron chi connectivity index (χ3n) is 1.40. The zero-order valence-electron chi connectivity index (χ0n) is 7.21. The molecular weight excluding hydrogens is 262 g/mol. The molecule has 0 aliphatic heterocycles. The van der Waals surface area contributed by atoms with Crippen LogP contribution in [0, 0.1) is 0 Å². The number of hydrogen-bond acceptors (Lipinski definition) is 3. The second-order valence-electron chi connectivity index (χ2n) is 2.28. The largest absolute Gasteiger partial charge is 0.461 e. The number of nitrogens with zero attached hydrogens (tertiary/aromatic N) is 2. The Morgan fingerprint density at radius 1 is 1.79 bits per heavy atom. The minimum atomic E-state index is -2.86. The molecule has 0 fully saturated rings. The molecule has 14 heavy (non-hydrogen) atoms. The molecule has 0 saturated heterocycles. The molecule has 1 rings (SSSR count). The Labute approximate surface area is 87.0 Å². The lowest BCUT2D eigenvalue weighted by atomic mass is 10.4. The van der Waals surface area contributed by atoms with Gasteiger partial charge >= 0.3 is 12.5 Å². The van der Waals surface area contributed by atoms with Crippen LogP contribution in [0.3, 0.4) is 0 Å². The summed E-state index contributed by atoms with van der Waals surface area (Å²) < 4.78 is 29.7. The van der Waals surface area contributed by atoms with Crippen LogP contribution in [0.4, 0.5) is 8.78 Å². The molecule has 0 saturated carbocycles. The van der Waals surface area contributed by atoms with Crippen molar-refractivity contribution in [2.45, 2.75) is 13.5 Å². The van der Waals surface area contributed by atoms with Crippen LogP contribution in [-0.2, 0) is 4.74 Å². The number of alkyl halides is 2. The number of esters is 1. The van der Waals surface area contributed by atoms with Crippen molar-refractivity contribution in [3.8, 4) is 0 Å².